The van der Waals surface area contributed by atoms with Gasteiger partial charge in [0, 0.05) is 18.5 Å². The summed E-state index contributed by atoms with van der Waals surface area (Å²) in [5, 5.41) is 4.09. The fourth-order valence-corrected chi connectivity index (χ4v) is 1.26. The molecule has 0 bridgehead atoms. The molecule has 3 heteroatoms. The van der Waals surface area contributed by atoms with Crippen molar-refractivity contribution in [3.05, 3.63) is 42.4 Å². The van der Waals surface area contributed by atoms with Crippen molar-refractivity contribution in [1.82, 2.24) is 14.8 Å². The minimum atomic E-state index is 0.895. The van der Waals surface area contributed by atoms with Crippen molar-refractivity contribution in [2.24, 2.45) is 0 Å². The van der Waals surface area contributed by atoms with Gasteiger partial charge in [-0.15, -0.1) is 0 Å². The molecule has 2 heterocycles. The number of pyridine rings is 1. The molecule has 0 aliphatic carbocycles. The Labute approximate surface area is 77.0 Å². The predicted molar refractivity (Wildman–Crippen MR) is 49.6 cm³/mol. The number of hydrogen-bond donors (Lipinski definition) is 0. The first-order valence-electron chi connectivity index (χ1n) is 4.27. The second kappa shape index (κ2) is 3.39. The van der Waals surface area contributed by atoms with Crippen molar-refractivity contribution >= 4 is 0 Å². The highest BCUT2D eigenvalue weighted by atomic mass is 15.3. The molecule has 2 aromatic heterocycles. The van der Waals surface area contributed by atoms with Gasteiger partial charge in [0.15, 0.2) is 5.82 Å². The molecule has 65 valence electrons. The van der Waals surface area contributed by atoms with Crippen LogP contribution in [0.1, 0.15) is 12.5 Å². The van der Waals surface area contributed by atoms with Gasteiger partial charge in [0.05, 0.1) is 6.20 Å². The zero-order valence-corrected chi connectivity index (χ0v) is 7.44. The lowest BCUT2D eigenvalue weighted by atomic mass is 10.2. The molecule has 0 fully saturated rings. The topological polar surface area (TPSA) is 30.7 Å². The van der Waals surface area contributed by atoms with Crippen LogP contribution in [0, 0.1) is 6.07 Å². The number of aromatic nitrogens is 3. The van der Waals surface area contributed by atoms with Gasteiger partial charge in [-0.2, -0.15) is 5.10 Å². The molecule has 0 saturated heterocycles. The third-order valence-electron chi connectivity index (χ3n) is 1.92. The van der Waals surface area contributed by atoms with E-state index in [-0.39, 0.29) is 0 Å². The summed E-state index contributed by atoms with van der Waals surface area (Å²) < 4.78 is 1.73. The van der Waals surface area contributed by atoms with Crippen LogP contribution in [0.3, 0.4) is 0 Å². The molecule has 0 amide bonds. The van der Waals surface area contributed by atoms with Crippen LogP contribution in [-0.2, 0) is 6.42 Å². The van der Waals surface area contributed by atoms with Gasteiger partial charge in [-0.05, 0) is 18.1 Å². The van der Waals surface area contributed by atoms with Crippen molar-refractivity contribution in [2.75, 3.05) is 0 Å². The van der Waals surface area contributed by atoms with Crippen LogP contribution in [0.25, 0.3) is 5.82 Å². The average molecular weight is 172 g/mol. The van der Waals surface area contributed by atoms with Crippen molar-refractivity contribution in [3.8, 4) is 5.82 Å². The highest BCUT2D eigenvalue weighted by Crippen LogP contribution is 2.09. The number of rotatable bonds is 2. The molecule has 0 unspecified atom stereocenters. The Balaban J connectivity index is 2.51. The first kappa shape index (κ1) is 7.98. The fourth-order valence-electron chi connectivity index (χ4n) is 1.26. The molecule has 0 spiro atoms. The van der Waals surface area contributed by atoms with Crippen molar-refractivity contribution < 1.29 is 0 Å². The van der Waals surface area contributed by atoms with Crippen LogP contribution < -0.4 is 0 Å². The SMILES string of the molecule is CCc1cccnc1-n1c[c]cn1. The quantitative estimate of drug-likeness (QED) is 0.689. The summed E-state index contributed by atoms with van der Waals surface area (Å²) in [5.41, 5.74) is 1.19. The third kappa shape index (κ3) is 1.45. The lowest BCUT2D eigenvalue weighted by Gasteiger charge is -2.04. The Morgan fingerprint density at radius 3 is 3.15 bits per heavy atom. The summed E-state index contributed by atoms with van der Waals surface area (Å²) in [7, 11) is 0. The molecule has 13 heavy (non-hydrogen) atoms. The molecule has 2 rings (SSSR count). The molecule has 1 radical (unpaired) electrons. The molecule has 0 saturated carbocycles. The van der Waals surface area contributed by atoms with E-state index in [2.05, 4.69) is 29.1 Å². The minimum Gasteiger partial charge on any atom is -0.237 e. The number of nitrogens with zero attached hydrogens (tertiary/aromatic N) is 3. The summed E-state index contributed by atoms with van der Waals surface area (Å²) in [5.74, 6) is 0.895. The van der Waals surface area contributed by atoms with Gasteiger partial charge in [0.25, 0.3) is 0 Å². The summed E-state index contributed by atoms with van der Waals surface area (Å²) in [6.45, 7) is 2.10. The predicted octanol–water partition coefficient (Wildman–Crippen LogP) is 1.63. The second-order valence-electron chi connectivity index (χ2n) is 2.72. The van der Waals surface area contributed by atoms with E-state index in [9.17, 15) is 0 Å². The molecule has 0 aliphatic rings. The van der Waals surface area contributed by atoms with Gasteiger partial charge in [0.1, 0.15) is 0 Å². The summed E-state index contributed by atoms with van der Waals surface area (Å²) in [6.07, 6.45) is 6.15. The smallest absolute Gasteiger partial charge is 0.156 e. The summed E-state index contributed by atoms with van der Waals surface area (Å²) >= 11 is 0. The molecule has 3 nitrogen and oxygen atoms in total. The van der Waals surface area contributed by atoms with E-state index in [0.29, 0.717) is 0 Å². The van der Waals surface area contributed by atoms with E-state index >= 15 is 0 Å². The Morgan fingerprint density at radius 2 is 2.46 bits per heavy atom. The van der Waals surface area contributed by atoms with E-state index in [0.717, 1.165) is 12.2 Å². The first-order chi connectivity index (χ1) is 6.42. The Hall–Kier alpha value is -1.64. The molecule has 0 aliphatic heterocycles. The Bertz CT molecular complexity index is 379. The van der Waals surface area contributed by atoms with Crippen molar-refractivity contribution in [2.45, 2.75) is 13.3 Å². The zero-order chi connectivity index (χ0) is 9.10. The van der Waals surface area contributed by atoms with Crippen molar-refractivity contribution in [1.29, 1.82) is 0 Å². The van der Waals surface area contributed by atoms with Crippen LogP contribution in [0.5, 0.6) is 0 Å². The van der Waals surface area contributed by atoms with E-state index in [4.69, 9.17) is 0 Å². The van der Waals surface area contributed by atoms with Crippen LogP contribution in [-0.4, -0.2) is 14.8 Å². The maximum Gasteiger partial charge on any atom is 0.156 e. The Morgan fingerprint density at radius 1 is 1.54 bits per heavy atom. The highest BCUT2D eigenvalue weighted by Gasteiger charge is 2.02. The van der Waals surface area contributed by atoms with Gasteiger partial charge in [-0.1, -0.05) is 13.0 Å². The molecule has 0 atom stereocenters. The lowest BCUT2D eigenvalue weighted by Crippen LogP contribution is -2.01. The van der Waals surface area contributed by atoms with Crippen LogP contribution in [0.2, 0.25) is 0 Å². The molecular weight excluding hydrogens is 162 g/mol. The molecule has 0 N–H and O–H groups in total. The monoisotopic (exact) mass is 172 g/mol. The van der Waals surface area contributed by atoms with Gasteiger partial charge in [-0.25, -0.2) is 9.67 Å². The standard InChI is InChI=1S/C10H10N3/c1-2-9-5-3-6-11-10(9)13-8-4-7-12-13/h3,5-8H,2H2,1H3. The molecule has 2 aromatic rings. The fraction of sp³-hybridized carbons (Fsp3) is 0.200. The summed E-state index contributed by atoms with van der Waals surface area (Å²) in [6, 6.07) is 6.89. The van der Waals surface area contributed by atoms with Gasteiger partial charge < -0.3 is 0 Å². The van der Waals surface area contributed by atoms with Gasteiger partial charge in [0.2, 0.25) is 0 Å². The number of hydrogen-bond acceptors (Lipinski definition) is 2. The molecular formula is C10H10N3. The Kier molecular flexibility index (Phi) is 2.08. The largest absolute Gasteiger partial charge is 0.237 e. The van der Waals surface area contributed by atoms with E-state index in [1.54, 1.807) is 23.3 Å². The third-order valence-corrected chi connectivity index (χ3v) is 1.92. The van der Waals surface area contributed by atoms with E-state index in [1.807, 2.05) is 6.07 Å². The zero-order valence-electron chi connectivity index (χ0n) is 7.44. The van der Waals surface area contributed by atoms with E-state index < -0.39 is 0 Å². The minimum absolute atomic E-state index is 0.895. The van der Waals surface area contributed by atoms with Gasteiger partial charge >= 0.3 is 0 Å². The van der Waals surface area contributed by atoms with Crippen LogP contribution in [0.15, 0.2) is 30.7 Å². The van der Waals surface area contributed by atoms with Gasteiger partial charge in [-0.3, -0.25) is 0 Å². The van der Waals surface area contributed by atoms with Crippen molar-refractivity contribution in [3.63, 3.8) is 0 Å². The highest BCUT2D eigenvalue weighted by molar-refractivity contribution is 5.32. The van der Waals surface area contributed by atoms with Crippen LogP contribution >= 0.6 is 0 Å². The second-order valence-corrected chi connectivity index (χ2v) is 2.72. The lowest BCUT2D eigenvalue weighted by molar-refractivity contribution is 0.828. The van der Waals surface area contributed by atoms with Crippen LogP contribution in [0.4, 0.5) is 0 Å². The maximum atomic E-state index is 4.27. The maximum absolute atomic E-state index is 4.27. The average Bonchev–Trinajstić information content (AvgIpc) is 2.70. The molecule has 0 aromatic carbocycles. The normalized spacial score (nSPS) is 10.2. The van der Waals surface area contributed by atoms with E-state index in [1.165, 1.54) is 5.56 Å². The summed E-state index contributed by atoms with van der Waals surface area (Å²) in [4.78, 5) is 4.27. The first-order valence-corrected chi connectivity index (χ1v) is 4.27. The number of aryl methyl sites for hydroxylation is 1.